The molecule has 0 radical (unpaired) electrons. The lowest BCUT2D eigenvalue weighted by atomic mass is 10.0. The van der Waals surface area contributed by atoms with E-state index in [1.807, 2.05) is 12.1 Å². The first-order chi connectivity index (χ1) is 6.25. The van der Waals surface area contributed by atoms with E-state index in [0.29, 0.717) is 12.4 Å². The van der Waals surface area contributed by atoms with Crippen LogP contribution in [0.3, 0.4) is 0 Å². The number of halogens is 1. The van der Waals surface area contributed by atoms with Crippen LogP contribution in [0.25, 0.3) is 0 Å². The lowest BCUT2D eigenvalue weighted by Gasteiger charge is -2.12. The highest BCUT2D eigenvalue weighted by Crippen LogP contribution is 2.19. The molecule has 1 aromatic heterocycles. The number of rotatable bonds is 4. The predicted octanol–water partition coefficient (Wildman–Crippen LogP) is 0.824. The Morgan fingerprint density at radius 1 is 1.43 bits per heavy atom. The highest BCUT2D eigenvalue weighted by molar-refractivity contribution is 5.85. The van der Waals surface area contributed by atoms with E-state index in [9.17, 15) is 0 Å². The molecule has 1 heterocycles. The highest BCUT2D eigenvalue weighted by atomic mass is 35.5. The Labute approximate surface area is 90.3 Å². The van der Waals surface area contributed by atoms with Crippen LogP contribution in [-0.4, -0.2) is 11.5 Å². The fourth-order valence-corrected chi connectivity index (χ4v) is 1.24. The van der Waals surface area contributed by atoms with Crippen molar-refractivity contribution in [2.24, 2.45) is 11.5 Å². The van der Waals surface area contributed by atoms with Gasteiger partial charge in [0.15, 0.2) is 0 Å². The van der Waals surface area contributed by atoms with Gasteiger partial charge >= 0.3 is 0 Å². The summed E-state index contributed by atoms with van der Waals surface area (Å²) in [5.74, 6) is 0.520. The number of nitrogen functional groups attached to an aromatic ring is 1. The van der Waals surface area contributed by atoms with Gasteiger partial charge in [-0.3, -0.25) is 0 Å². The van der Waals surface area contributed by atoms with Gasteiger partial charge < -0.3 is 17.2 Å². The van der Waals surface area contributed by atoms with Gasteiger partial charge in [0.25, 0.3) is 0 Å². The van der Waals surface area contributed by atoms with Crippen molar-refractivity contribution >= 4 is 18.2 Å². The summed E-state index contributed by atoms with van der Waals surface area (Å²) in [6.45, 7) is 0.661. The molecule has 0 spiro atoms. The summed E-state index contributed by atoms with van der Waals surface area (Å²) < 4.78 is 0. The van der Waals surface area contributed by atoms with Crippen LogP contribution < -0.4 is 17.2 Å². The Kier molecular flexibility index (Phi) is 6.19. The third-order valence-corrected chi connectivity index (χ3v) is 1.99. The summed E-state index contributed by atoms with van der Waals surface area (Å²) in [5, 5.41) is 0. The van der Waals surface area contributed by atoms with Crippen LogP contribution in [-0.2, 0) is 0 Å². The van der Waals surface area contributed by atoms with Crippen LogP contribution in [0.4, 0.5) is 5.82 Å². The smallest absolute Gasteiger partial charge is 0.128 e. The first kappa shape index (κ1) is 13.2. The maximum Gasteiger partial charge on any atom is 0.128 e. The topological polar surface area (TPSA) is 91.0 Å². The number of hydrogen-bond acceptors (Lipinski definition) is 4. The van der Waals surface area contributed by atoms with Gasteiger partial charge in [0.2, 0.25) is 0 Å². The van der Waals surface area contributed by atoms with Gasteiger partial charge in [-0.1, -0.05) is 6.07 Å². The van der Waals surface area contributed by atoms with E-state index in [-0.39, 0.29) is 18.4 Å². The molecule has 80 valence electrons. The van der Waals surface area contributed by atoms with Crippen molar-refractivity contribution in [3.63, 3.8) is 0 Å². The van der Waals surface area contributed by atoms with Crippen LogP contribution in [0.2, 0.25) is 0 Å². The molecule has 6 N–H and O–H groups in total. The summed E-state index contributed by atoms with van der Waals surface area (Å²) in [4.78, 5) is 3.97. The number of anilines is 1. The number of hydrogen-bond donors (Lipinski definition) is 3. The molecule has 0 fully saturated rings. The van der Waals surface area contributed by atoms with Gasteiger partial charge in [-0.05, 0) is 25.5 Å². The molecule has 0 aliphatic rings. The zero-order valence-electron chi connectivity index (χ0n) is 8.02. The van der Waals surface area contributed by atoms with Crippen molar-refractivity contribution in [2.75, 3.05) is 12.3 Å². The minimum atomic E-state index is -0.0442. The van der Waals surface area contributed by atoms with Crippen molar-refractivity contribution in [1.29, 1.82) is 0 Å². The van der Waals surface area contributed by atoms with Gasteiger partial charge in [-0.25, -0.2) is 4.98 Å². The van der Waals surface area contributed by atoms with E-state index in [4.69, 9.17) is 17.2 Å². The quantitative estimate of drug-likeness (QED) is 0.695. The second-order valence-corrected chi connectivity index (χ2v) is 3.02. The molecular weight excluding hydrogens is 200 g/mol. The van der Waals surface area contributed by atoms with Gasteiger partial charge in [0, 0.05) is 17.8 Å². The number of nitrogens with zero attached hydrogens (tertiary/aromatic N) is 1. The largest absolute Gasteiger partial charge is 0.383 e. The molecule has 0 aromatic carbocycles. The molecule has 1 atom stereocenters. The van der Waals surface area contributed by atoms with Gasteiger partial charge in [-0.2, -0.15) is 0 Å². The maximum absolute atomic E-state index is 5.91. The standard InChI is InChI=1S/C9H16N4.ClH/c10-5-1-4-8(11)7-3-2-6-13-9(7)12;/h2-3,6,8H,1,4-5,10-11H2,(H2,12,13);1H/t8-;/m1./s1. The molecule has 0 aliphatic heterocycles. The Hall–Kier alpha value is -0.840. The number of aromatic nitrogens is 1. The van der Waals surface area contributed by atoms with Crippen LogP contribution >= 0.6 is 12.4 Å². The maximum atomic E-state index is 5.91. The van der Waals surface area contributed by atoms with E-state index in [1.165, 1.54) is 0 Å². The lowest BCUT2D eigenvalue weighted by Crippen LogP contribution is -2.14. The Balaban J connectivity index is 0.00000169. The Bertz CT molecular complexity index is 267. The fraction of sp³-hybridized carbons (Fsp3) is 0.444. The molecule has 0 amide bonds. The van der Waals surface area contributed by atoms with E-state index >= 15 is 0 Å². The van der Waals surface area contributed by atoms with E-state index in [0.717, 1.165) is 18.4 Å². The molecule has 1 rings (SSSR count). The zero-order chi connectivity index (χ0) is 9.68. The monoisotopic (exact) mass is 216 g/mol. The SMILES string of the molecule is Cl.NCCC[C@@H](N)c1cccnc1N. The third-order valence-electron chi connectivity index (χ3n) is 1.99. The Morgan fingerprint density at radius 2 is 2.14 bits per heavy atom. The molecule has 1 aromatic rings. The lowest BCUT2D eigenvalue weighted by molar-refractivity contribution is 0.618. The molecule has 0 saturated carbocycles. The predicted molar refractivity (Wildman–Crippen MR) is 61.1 cm³/mol. The molecule has 0 saturated heterocycles. The average molecular weight is 217 g/mol. The van der Waals surface area contributed by atoms with E-state index in [2.05, 4.69) is 4.98 Å². The molecule has 0 unspecified atom stereocenters. The minimum Gasteiger partial charge on any atom is -0.383 e. The normalized spacial score (nSPS) is 11.9. The van der Waals surface area contributed by atoms with Crippen molar-refractivity contribution in [1.82, 2.24) is 4.98 Å². The van der Waals surface area contributed by atoms with Crippen LogP contribution in [0.1, 0.15) is 24.4 Å². The van der Waals surface area contributed by atoms with Crippen molar-refractivity contribution in [2.45, 2.75) is 18.9 Å². The van der Waals surface area contributed by atoms with Crippen LogP contribution in [0.15, 0.2) is 18.3 Å². The van der Waals surface area contributed by atoms with Crippen molar-refractivity contribution in [3.05, 3.63) is 23.9 Å². The molecule has 0 bridgehead atoms. The molecule has 4 nitrogen and oxygen atoms in total. The summed E-state index contributed by atoms with van der Waals surface area (Å²) >= 11 is 0. The summed E-state index contributed by atoms with van der Waals surface area (Å²) in [5.41, 5.74) is 17.9. The average Bonchev–Trinajstić information content (AvgIpc) is 2.15. The van der Waals surface area contributed by atoms with E-state index in [1.54, 1.807) is 6.20 Å². The molecule has 5 heteroatoms. The summed E-state index contributed by atoms with van der Waals surface area (Å²) in [7, 11) is 0. The first-order valence-corrected chi connectivity index (χ1v) is 4.41. The third kappa shape index (κ3) is 3.49. The summed E-state index contributed by atoms with van der Waals surface area (Å²) in [6, 6.07) is 3.70. The van der Waals surface area contributed by atoms with Crippen LogP contribution in [0, 0.1) is 0 Å². The minimum absolute atomic E-state index is 0. The number of nitrogens with two attached hydrogens (primary N) is 3. The molecule has 14 heavy (non-hydrogen) atoms. The number of pyridine rings is 1. The van der Waals surface area contributed by atoms with Gasteiger partial charge in [-0.15, -0.1) is 12.4 Å². The zero-order valence-corrected chi connectivity index (χ0v) is 8.83. The van der Waals surface area contributed by atoms with Gasteiger partial charge in [0.1, 0.15) is 5.82 Å². The second kappa shape index (κ2) is 6.59. The van der Waals surface area contributed by atoms with Crippen LogP contribution in [0.5, 0.6) is 0 Å². The summed E-state index contributed by atoms with van der Waals surface area (Å²) in [6.07, 6.45) is 3.43. The van der Waals surface area contributed by atoms with Crippen molar-refractivity contribution < 1.29 is 0 Å². The second-order valence-electron chi connectivity index (χ2n) is 3.02. The fourth-order valence-electron chi connectivity index (χ4n) is 1.24. The van der Waals surface area contributed by atoms with Gasteiger partial charge in [0.05, 0.1) is 0 Å². The van der Waals surface area contributed by atoms with Crippen molar-refractivity contribution in [3.8, 4) is 0 Å². The molecular formula is C9H17ClN4. The Morgan fingerprint density at radius 3 is 2.71 bits per heavy atom. The highest BCUT2D eigenvalue weighted by Gasteiger charge is 2.08. The first-order valence-electron chi connectivity index (χ1n) is 4.41. The molecule has 0 aliphatic carbocycles. The van der Waals surface area contributed by atoms with E-state index < -0.39 is 0 Å².